The molecule has 0 saturated heterocycles. The third-order valence-corrected chi connectivity index (χ3v) is 9.75. The van der Waals surface area contributed by atoms with Gasteiger partial charge in [-0.2, -0.15) is 0 Å². The van der Waals surface area contributed by atoms with E-state index >= 15 is 0 Å². The normalized spacial score (nSPS) is 11.2. The van der Waals surface area contributed by atoms with Crippen molar-refractivity contribution >= 4 is 11.0 Å². The lowest BCUT2D eigenvalue weighted by atomic mass is 9.94. The lowest BCUT2D eigenvalue weighted by Gasteiger charge is -2.13. The van der Waals surface area contributed by atoms with Gasteiger partial charge in [0.1, 0.15) is 17.1 Å². The predicted octanol–water partition coefficient (Wildman–Crippen LogP) is 11.8. The van der Waals surface area contributed by atoms with Crippen LogP contribution in [0.3, 0.4) is 0 Å². The van der Waals surface area contributed by atoms with Gasteiger partial charge >= 0.3 is 0 Å². The monoisotopic (exact) mass is 682 g/mol. The summed E-state index contributed by atoms with van der Waals surface area (Å²) in [6.45, 7) is 2.11. The molecule has 0 fully saturated rings. The second kappa shape index (κ2) is 13.5. The number of pyridine rings is 2. The van der Waals surface area contributed by atoms with Crippen LogP contribution >= 0.6 is 0 Å². The maximum Gasteiger partial charge on any atom is 0.149 e. The van der Waals surface area contributed by atoms with Crippen molar-refractivity contribution in [2.75, 3.05) is 0 Å². The van der Waals surface area contributed by atoms with E-state index < -0.39 is 0 Å². The Morgan fingerprint density at radius 1 is 0.491 bits per heavy atom. The Labute approximate surface area is 308 Å². The van der Waals surface area contributed by atoms with E-state index in [0.717, 1.165) is 67.1 Å². The molecule has 0 saturated carbocycles. The van der Waals surface area contributed by atoms with E-state index in [0.29, 0.717) is 11.4 Å². The van der Waals surface area contributed by atoms with Crippen LogP contribution in [0.1, 0.15) is 5.56 Å². The van der Waals surface area contributed by atoms with Crippen LogP contribution in [0, 0.1) is 6.92 Å². The van der Waals surface area contributed by atoms with Gasteiger partial charge in [-0.1, -0.05) is 115 Å². The number of para-hydroxylation sites is 2. The SMILES string of the molecule is Cc1cnc(-c2cc(-c3ccccc3)cc(-c3nccc4c3nc(-c3ccccc3O)n4-c3ccccc3)c2)cc1-c1ccc(-c2ccccc2)cc1. The first-order chi connectivity index (χ1) is 26.1. The number of benzene rings is 6. The van der Waals surface area contributed by atoms with Gasteiger partial charge in [-0.3, -0.25) is 14.5 Å². The van der Waals surface area contributed by atoms with Crippen LogP contribution < -0.4 is 0 Å². The van der Waals surface area contributed by atoms with Gasteiger partial charge in [-0.05, 0) is 100 Å². The van der Waals surface area contributed by atoms with Gasteiger partial charge in [-0.25, -0.2) is 4.98 Å². The van der Waals surface area contributed by atoms with Gasteiger partial charge in [0.05, 0.1) is 22.5 Å². The highest BCUT2D eigenvalue weighted by Gasteiger charge is 2.21. The zero-order chi connectivity index (χ0) is 35.7. The van der Waals surface area contributed by atoms with Crippen LogP contribution in [-0.2, 0) is 0 Å². The van der Waals surface area contributed by atoms with Gasteiger partial charge in [-0.15, -0.1) is 0 Å². The molecule has 9 rings (SSSR count). The fourth-order valence-electron chi connectivity index (χ4n) is 7.07. The molecule has 0 aliphatic carbocycles. The fraction of sp³-hybridized carbons (Fsp3) is 0.0208. The number of phenols is 1. The number of hydrogen-bond acceptors (Lipinski definition) is 4. The van der Waals surface area contributed by atoms with Crippen LogP contribution in [0.5, 0.6) is 5.75 Å². The Bertz CT molecular complexity index is 2720. The molecule has 252 valence electrons. The molecule has 0 amide bonds. The van der Waals surface area contributed by atoms with Crippen molar-refractivity contribution in [1.82, 2.24) is 19.5 Å². The first-order valence-corrected chi connectivity index (χ1v) is 17.7. The number of rotatable bonds is 7. The van der Waals surface area contributed by atoms with E-state index in [1.807, 2.05) is 67.0 Å². The molecule has 3 heterocycles. The third-order valence-electron chi connectivity index (χ3n) is 9.75. The van der Waals surface area contributed by atoms with E-state index in [2.05, 4.69) is 121 Å². The van der Waals surface area contributed by atoms with Crippen molar-refractivity contribution in [1.29, 1.82) is 0 Å². The summed E-state index contributed by atoms with van der Waals surface area (Å²) in [5.41, 5.74) is 14.6. The van der Waals surface area contributed by atoms with E-state index in [-0.39, 0.29) is 5.75 Å². The summed E-state index contributed by atoms with van der Waals surface area (Å²) in [7, 11) is 0. The molecule has 0 spiro atoms. The molecule has 0 unspecified atom stereocenters. The highest BCUT2D eigenvalue weighted by molar-refractivity contribution is 5.95. The number of nitrogens with zero attached hydrogens (tertiary/aromatic N) is 4. The summed E-state index contributed by atoms with van der Waals surface area (Å²) in [5, 5.41) is 11.0. The van der Waals surface area contributed by atoms with E-state index in [1.165, 1.54) is 11.1 Å². The molecule has 0 atom stereocenters. The predicted molar refractivity (Wildman–Crippen MR) is 216 cm³/mol. The largest absolute Gasteiger partial charge is 0.507 e. The minimum atomic E-state index is 0.166. The van der Waals surface area contributed by atoms with Gasteiger partial charge in [0, 0.05) is 29.2 Å². The van der Waals surface area contributed by atoms with Gasteiger partial charge in [0.2, 0.25) is 0 Å². The quantitative estimate of drug-likeness (QED) is 0.182. The molecule has 9 aromatic rings. The standard InChI is InChI=1S/C48H34N4O/c1-32-31-50-43(30-42(32)36-23-21-35(22-24-36)33-13-5-2-6-14-33)38-27-37(34-15-7-3-8-16-34)28-39(29-38)46-47-44(25-26-49-46)52(40-17-9-4-10-18-40)48(51-47)41-19-11-12-20-45(41)53/h2-31,53H,1H3. The summed E-state index contributed by atoms with van der Waals surface area (Å²) in [5.74, 6) is 0.805. The van der Waals surface area contributed by atoms with Crippen molar-refractivity contribution in [2.24, 2.45) is 0 Å². The van der Waals surface area contributed by atoms with E-state index in [9.17, 15) is 5.11 Å². The number of phenolic OH excluding ortho intramolecular Hbond substituents is 1. The first kappa shape index (κ1) is 31.8. The molecule has 3 aromatic heterocycles. The second-order valence-electron chi connectivity index (χ2n) is 13.1. The van der Waals surface area contributed by atoms with Crippen LogP contribution in [0.15, 0.2) is 182 Å². The summed E-state index contributed by atoms with van der Waals surface area (Å²) in [6, 6.07) is 57.8. The Kier molecular flexibility index (Phi) is 8.14. The van der Waals surface area contributed by atoms with Crippen LogP contribution in [0.2, 0.25) is 0 Å². The zero-order valence-corrected chi connectivity index (χ0v) is 29.1. The van der Waals surface area contributed by atoms with E-state index in [1.54, 1.807) is 6.07 Å². The van der Waals surface area contributed by atoms with Crippen LogP contribution in [0.4, 0.5) is 0 Å². The summed E-state index contributed by atoms with van der Waals surface area (Å²) < 4.78 is 2.09. The maximum atomic E-state index is 11.0. The van der Waals surface area contributed by atoms with Gasteiger partial charge in [0.15, 0.2) is 0 Å². The van der Waals surface area contributed by atoms with Crippen molar-refractivity contribution in [3.8, 4) is 78.7 Å². The molecule has 0 aliphatic rings. The molecular weight excluding hydrogens is 649 g/mol. The summed E-state index contributed by atoms with van der Waals surface area (Å²) >= 11 is 0. The molecule has 6 aromatic carbocycles. The zero-order valence-electron chi connectivity index (χ0n) is 29.1. The molecule has 53 heavy (non-hydrogen) atoms. The number of aromatic nitrogens is 4. The van der Waals surface area contributed by atoms with Gasteiger partial charge < -0.3 is 5.11 Å². The van der Waals surface area contributed by atoms with Gasteiger partial charge in [0.25, 0.3) is 0 Å². The van der Waals surface area contributed by atoms with E-state index in [4.69, 9.17) is 15.0 Å². The first-order valence-electron chi connectivity index (χ1n) is 17.7. The number of aryl methyl sites for hydroxylation is 1. The molecule has 0 radical (unpaired) electrons. The Morgan fingerprint density at radius 3 is 1.79 bits per heavy atom. The molecule has 1 N–H and O–H groups in total. The maximum absolute atomic E-state index is 11.0. The van der Waals surface area contributed by atoms with Crippen LogP contribution in [0.25, 0.3) is 84.0 Å². The second-order valence-corrected chi connectivity index (χ2v) is 13.1. The average molecular weight is 683 g/mol. The summed E-state index contributed by atoms with van der Waals surface area (Å²) in [6.07, 6.45) is 3.80. The highest BCUT2D eigenvalue weighted by Crippen LogP contribution is 2.39. The lowest BCUT2D eigenvalue weighted by molar-refractivity contribution is 0.477. The third kappa shape index (κ3) is 6.04. The topological polar surface area (TPSA) is 63.8 Å². The molecule has 0 aliphatic heterocycles. The highest BCUT2D eigenvalue weighted by atomic mass is 16.3. The molecule has 0 bridgehead atoms. The lowest BCUT2D eigenvalue weighted by Crippen LogP contribution is -1.97. The minimum absolute atomic E-state index is 0.166. The molecular formula is C48H34N4O. The average Bonchev–Trinajstić information content (AvgIpc) is 3.62. The molecule has 5 heteroatoms. The minimum Gasteiger partial charge on any atom is -0.507 e. The smallest absolute Gasteiger partial charge is 0.149 e. The Morgan fingerprint density at radius 2 is 1.08 bits per heavy atom. The van der Waals surface area contributed by atoms with Crippen molar-refractivity contribution < 1.29 is 5.11 Å². The number of hydrogen-bond donors (Lipinski definition) is 1. The van der Waals surface area contributed by atoms with Crippen molar-refractivity contribution in [3.05, 3.63) is 188 Å². The van der Waals surface area contributed by atoms with Crippen molar-refractivity contribution in [2.45, 2.75) is 6.92 Å². The van der Waals surface area contributed by atoms with Crippen LogP contribution in [-0.4, -0.2) is 24.6 Å². The number of aromatic hydroxyl groups is 1. The Hall–Kier alpha value is -7.11. The van der Waals surface area contributed by atoms with Crippen molar-refractivity contribution in [3.63, 3.8) is 0 Å². The number of fused-ring (bicyclic) bond motifs is 1. The fourth-order valence-corrected chi connectivity index (χ4v) is 7.07. The Balaban J connectivity index is 1.22. The summed E-state index contributed by atoms with van der Waals surface area (Å²) in [4.78, 5) is 15.2. The molecule has 5 nitrogen and oxygen atoms in total. The number of imidazole rings is 1.